The molecule has 0 N–H and O–H groups in total. The zero-order valence-electron chi connectivity index (χ0n) is 9.78. The molecule has 0 atom stereocenters. The number of nitrogens with zero attached hydrogens (tertiary/aromatic N) is 4. The van der Waals surface area contributed by atoms with Gasteiger partial charge in [-0.1, -0.05) is 0 Å². The molecule has 0 spiro atoms. The number of halogens is 3. The quantitative estimate of drug-likeness (QED) is 0.795. The molecule has 19 heavy (non-hydrogen) atoms. The van der Waals surface area contributed by atoms with Crippen molar-refractivity contribution in [3.05, 3.63) is 24.4 Å². The highest BCUT2D eigenvalue weighted by Gasteiger charge is 2.79. The van der Waals surface area contributed by atoms with Crippen molar-refractivity contribution in [1.82, 2.24) is 19.9 Å². The van der Waals surface area contributed by atoms with Crippen LogP contribution in [0.4, 0.5) is 13.2 Å². The summed E-state index contributed by atoms with van der Waals surface area (Å²) < 4.78 is 38.6. The first kappa shape index (κ1) is 11.1. The van der Waals surface area contributed by atoms with E-state index in [-0.39, 0.29) is 19.3 Å². The lowest BCUT2D eigenvalue weighted by Crippen LogP contribution is -2.70. The fourth-order valence-corrected chi connectivity index (χ4v) is 3.52. The van der Waals surface area contributed by atoms with Crippen LogP contribution >= 0.6 is 0 Å². The van der Waals surface area contributed by atoms with Crippen LogP contribution in [0.2, 0.25) is 0 Å². The molecule has 3 aliphatic rings. The van der Waals surface area contributed by atoms with Crippen molar-refractivity contribution in [3.63, 3.8) is 0 Å². The number of hydrogen-bond donors (Lipinski definition) is 0. The maximum absolute atomic E-state index is 12.9. The normalized spacial score (nSPS) is 32.8. The van der Waals surface area contributed by atoms with Crippen LogP contribution in [0, 0.1) is 5.41 Å². The Morgan fingerprint density at radius 1 is 0.947 bits per heavy atom. The highest BCUT2D eigenvalue weighted by molar-refractivity contribution is 5.74. The number of aromatic nitrogens is 4. The lowest BCUT2D eigenvalue weighted by molar-refractivity contribution is -0.337. The fourth-order valence-electron chi connectivity index (χ4n) is 3.52. The monoisotopic (exact) mass is 266 g/mol. The Hall–Kier alpha value is -1.79. The highest BCUT2D eigenvalue weighted by atomic mass is 19.4. The van der Waals surface area contributed by atoms with Gasteiger partial charge in [0, 0.05) is 17.8 Å². The molecular formula is C12H9F3N4. The van der Waals surface area contributed by atoms with Gasteiger partial charge in [-0.25, -0.2) is 19.9 Å². The summed E-state index contributed by atoms with van der Waals surface area (Å²) in [6.45, 7) is 0. The Morgan fingerprint density at radius 2 is 1.63 bits per heavy atom. The summed E-state index contributed by atoms with van der Waals surface area (Å²) in [6, 6.07) is 0. The summed E-state index contributed by atoms with van der Waals surface area (Å²) >= 11 is 0. The predicted molar refractivity (Wildman–Crippen MR) is 59.1 cm³/mol. The standard InChI is InChI=1S/C12H9F3N4/c13-12(14,15)11-3-10(4-11,5-11)8-7-9(19-6-18-8)17-2-1-16-7/h1-2,6H,3-5H2. The van der Waals surface area contributed by atoms with E-state index >= 15 is 0 Å². The largest absolute Gasteiger partial charge is 0.394 e. The van der Waals surface area contributed by atoms with Crippen LogP contribution < -0.4 is 0 Å². The van der Waals surface area contributed by atoms with Gasteiger partial charge in [0.2, 0.25) is 0 Å². The summed E-state index contributed by atoms with van der Waals surface area (Å²) in [5.41, 5.74) is -0.352. The minimum Gasteiger partial charge on any atom is -0.249 e. The minimum absolute atomic E-state index is 0.117. The Bertz CT molecular complexity index is 657. The first-order valence-electron chi connectivity index (χ1n) is 5.95. The Balaban J connectivity index is 1.76. The maximum Gasteiger partial charge on any atom is 0.394 e. The van der Waals surface area contributed by atoms with Gasteiger partial charge in [-0.3, -0.25) is 0 Å². The van der Waals surface area contributed by atoms with E-state index in [4.69, 9.17) is 0 Å². The first-order chi connectivity index (χ1) is 8.96. The van der Waals surface area contributed by atoms with Gasteiger partial charge in [0.25, 0.3) is 0 Å². The molecule has 98 valence electrons. The second-order valence-corrected chi connectivity index (χ2v) is 5.54. The third kappa shape index (κ3) is 1.20. The van der Waals surface area contributed by atoms with E-state index in [0.717, 1.165) is 0 Å². The van der Waals surface area contributed by atoms with Gasteiger partial charge in [-0.05, 0) is 19.3 Å². The molecule has 0 saturated heterocycles. The zero-order chi connectivity index (χ0) is 13.3. The molecule has 3 saturated carbocycles. The predicted octanol–water partition coefficient (Wildman–Crippen LogP) is 2.40. The van der Waals surface area contributed by atoms with Gasteiger partial charge in [-0.15, -0.1) is 0 Å². The second kappa shape index (κ2) is 3.02. The van der Waals surface area contributed by atoms with Crippen molar-refractivity contribution in [2.24, 2.45) is 5.41 Å². The van der Waals surface area contributed by atoms with E-state index < -0.39 is 17.0 Å². The van der Waals surface area contributed by atoms with Crippen molar-refractivity contribution in [3.8, 4) is 0 Å². The molecule has 2 bridgehead atoms. The van der Waals surface area contributed by atoms with Crippen molar-refractivity contribution in [2.45, 2.75) is 30.9 Å². The summed E-state index contributed by atoms with van der Waals surface area (Å²) in [4.78, 5) is 16.4. The molecule has 0 amide bonds. The lowest BCUT2D eigenvalue weighted by Gasteiger charge is -2.70. The third-order valence-corrected chi connectivity index (χ3v) is 4.40. The van der Waals surface area contributed by atoms with E-state index in [0.29, 0.717) is 16.9 Å². The van der Waals surface area contributed by atoms with Crippen LogP contribution in [0.5, 0.6) is 0 Å². The van der Waals surface area contributed by atoms with Gasteiger partial charge in [0.15, 0.2) is 5.65 Å². The van der Waals surface area contributed by atoms with Gasteiger partial charge < -0.3 is 0 Å². The molecule has 3 fully saturated rings. The van der Waals surface area contributed by atoms with Gasteiger partial charge in [0.05, 0.1) is 11.1 Å². The van der Waals surface area contributed by atoms with Crippen LogP contribution in [0.3, 0.4) is 0 Å². The van der Waals surface area contributed by atoms with Crippen LogP contribution in [0.25, 0.3) is 11.2 Å². The maximum atomic E-state index is 12.9. The molecular weight excluding hydrogens is 257 g/mol. The van der Waals surface area contributed by atoms with E-state index in [1.54, 1.807) is 0 Å². The van der Waals surface area contributed by atoms with Gasteiger partial charge in [0.1, 0.15) is 11.8 Å². The van der Waals surface area contributed by atoms with Gasteiger partial charge in [-0.2, -0.15) is 13.2 Å². The SMILES string of the molecule is FC(F)(F)C12CC(c3ncnc4nccnc34)(C1)C2. The van der Waals surface area contributed by atoms with Crippen LogP contribution in [0.1, 0.15) is 25.0 Å². The summed E-state index contributed by atoms with van der Waals surface area (Å²) in [5.74, 6) is 0. The average molecular weight is 266 g/mol. The Kier molecular flexibility index (Phi) is 1.76. The van der Waals surface area contributed by atoms with E-state index in [1.807, 2.05) is 0 Å². The molecule has 4 nitrogen and oxygen atoms in total. The molecule has 5 rings (SSSR count). The minimum atomic E-state index is -4.11. The second-order valence-electron chi connectivity index (χ2n) is 5.54. The summed E-state index contributed by atoms with van der Waals surface area (Å²) in [6.07, 6.45) is 0.624. The van der Waals surface area contributed by atoms with Crippen LogP contribution in [0.15, 0.2) is 18.7 Å². The number of alkyl halides is 3. The fraction of sp³-hybridized carbons (Fsp3) is 0.500. The molecule has 0 unspecified atom stereocenters. The van der Waals surface area contributed by atoms with Crippen molar-refractivity contribution >= 4 is 11.2 Å². The molecule has 7 heteroatoms. The topological polar surface area (TPSA) is 51.6 Å². The molecule has 2 heterocycles. The molecule has 2 aromatic heterocycles. The molecule has 0 radical (unpaired) electrons. The van der Waals surface area contributed by atoms with E-state index in [9.17, 15) is 13.2 Å². The highest BCUT2D eigenvalue weighted by Crippen LogP contribution is 2.78. The van der Waals surface area contributed by atoms with E-state index in [1.165, 1.54) is 18.7 Å². The number of hydrogen-bond acceptors (Lipinski definition) is 4. The summed E-state index contributed by atoms with van der Waals surface area (Å²) in [7, 11) is 0. The first-order valence-corrected chi connectivity index (χ1v) is 5.95. The molecule has 3 aliphatic carbocycles. The Morgan fingerprint density at radius 3 is 2.32 bits per heavy atom. The number of fused-ring (bicyclic) bond motifs is 1. The van der Waals surface area contributed by atoms with Crippen LogP contribution in [-0.2, 0) is 5.41 Å². The number of rotatable bonds is 1. The van der Waals surface area contributed by atoms with Crippen molar-refractivity contribution in [2.75, 3.05) is 0 Å². The van der Waals surface area contributed by atoms with Gasteiger partial charge >= 0.3 is 6.18 Å². The van der Waals surface area contributed by atoms with E-state index in [2.05, 4.69) is 19.9 Å². The lowest BCUT2D eigenvalue weighted by atomic mass is 9.34. The summed E-state index contributed by atoms with van der Waals surface area (Å²) in [5, 5.41) is 0. The average Bonchev–Trinajstić information content (AvgIpc) is 2.24. The smallest absolute Gasteiger partial charge is 0.249 e. The van der Waals surface area contributed by atoms with Crippen LogP contribution in [-0.4, -0.2) is 26.1 Å². The molecule has 0 aromatic carbocycles. The van der Waals surface area contributed by atoms with Crippen molar-refractivity contribution < 1.29 is 13.2 Å². The zero-order valence-corrected chi connectivity index (χ0v) is 9.78. The molecule has 2 aromatic rings. The van der Waals surface area contributed by atoms with Crippen molar-refractivity contribution in [1.29, 1.82) is 0 Å². The molecule has 0 aliphatic heterocycles. The third-order valence-electron chi connectivity index (χ3n) is 4.40. The Labute approximate surface area is 106 Å².